The molecule has 22 heavy (non-hydrogen) atoms. The zero-order valence-corrected chi connectivity index (χ0v) is 13.6. The molecule has 1 aliphatic heterocycles. The van der Waals surface area contributed by atoms with Gasteiger partial charge in [0.05, 0.1) is 11.4 Å². The number of H-pyrrole nitrogens is 1. The maximum absolute atomic E-state index is 5.86. The van der Waals surface area contributed by atoms with E-state index in [0.717, 1.165) is 23.7 Å². The molecule has 0 spiro atoms. The van der Waals surface area contributed by atoms with Crippen molar-refractivity contribution < 1.29 is 4.74 Å². The van der Waals surface area contributed by atoms with E-state index in [2.05, 4.69) is 28.1 Å². The average Bonchev–Trinajstić information content (AvgIpc) is 3.16. The van der Waals surface area contributed by atoms with Crippen LogP contribution >= 0.6 is 11.6 Å². The number of ether oxygens (including phenoxy) is 1. The number of likely N-dealkylation sites (tertiary alicyclic amines) is 1. The van der Waals surface area contributed by atoms with E-state index in [1.807, 2.05) is 24.3 Å². The Kier molecular flexibility index (Phi) is 5.01. The molecule has 1 aromatic carbocycles. The summed E-state index contributed by atoms with van der Waals surface area (Å²) in [7, 11) is 0. The molecule has 0 unspecified atom stereocenters. The summed E-state index contributed by atoms with van der Waals surface area (Å²) >= 11 is 5.86. The van der Waals surface area contributed by atoms with E-state index in [1.54, 1.807) is 0 Å². The predicted octanol–water partition coefficient (Wildman–Crippen LogP) is 3.84. The largest absolute Gasteiger partial charge is 0.487 e. The van der Waals surface area contributed by atoms with Crippen LogP contribution < -0.4 is 4.74 Å². The number of nitrogens with one attached hydrogen (secondary N) is 1. The van der Waals surface area contributed by atoms with Crippen LogP contribution in [0.25, 0.3) is 0 Å². The Labute approximate surface area is 136 Å². The highest BCUT2D eigenvalue weighted by atomic mass is 35.5. The summed E-state index contributed by atoms with van der Waals surface area (Å²) < 4.78 is 5.74. The maximum Gasteiger partial charge on any atom is 0.130 e. The van der Waals surface area contributed by atoms with Gasteiger partial charge in [-0.2, -0.15) is 5.10 Å². The van der Waals surface area contributed by atoms with Crippen molar-refractivity contribution in [1.29, 1.82) is 0 Å². The van der Waals surface area contributed by atoms with E-state index < -0.39 is 0 Å². The van der Waals surface area contributed by atoms with Crippen LogP contribution in [0.4, 0.5) is 0 Å². The SMILES string of the molecule is CCCN1CC[C@@H](c2cc(COc3ccc(Cl)cc3)[nH]n2)C1. The Morgan fingerprint density at radius 1 is 1.36 bits per heavy atom. The van der Waals surface area contributed by atoms with Crippen molar-refractivity contribution in [2.45, 2.75) is 32.3 Å². The third-order valence-corrected chi connectivity index (χ3v) is 4.34. The van der Waals surface area contributed by atoms with Gasteiger partial charge in [-0.25, -0.2) is 0 Å². The molecule has 118 valence electrons. The van der Waals surface area contributed by atoms with Gasteiger partial charge in [-0.05, 0) is 56.3 Å². The average molecular weight is 320 g/mol. The summed E-state index contributed by atoms with van der Waals surface area (Å²) in [5.74, 6) is 1.36. The lowest BCUT2D eigenvalue weighted by Crippen LogP contribution is -2.20. The molecule has 1 N–H and O–H groups in total. The van der Waals surface area contributed by atoms with Gasteiger partial charge >= 0.3 is 0 Å². The highest BCUT2D eigenvalue weighted by Gasteiger charge is 2.25. The van der Waals surface area contributed by atoms with Crippen LogP contribution in [0, 0.1) is 0 Å². The first-order valence-corrected chi connectivity index (χ1v) is 8.27. The van der Waals surface area contributed by atoms with Gasteiger partial charge < -0.3 is 9.64 Å². The van der Waals surface area contributed by atoms with Crippen LogP contribution in [0.3, 0.4) is 0 Å². The monoisotopic (exact) mass is 319 g/mol. The smallest absolute Gasteiger partial charge is 0.130 e. The molecular formula is C17H22ClN3O. The van der Waals surface area contributed by atoms with Crippen LogP contribution in [-0.2, 0) is 6.61 Å². The Bertz CT molecular complexity index is 596. The summed E-state index contributed by atoms with van der Waals surface area (Å²) in [6.45, 7) is 6.22. The highest BCUT2D eigenvalue weighted by molar-refractivity contribution is 6.30. The minimum Gasteiger partial charge on any atom is -0.487 e. The number of rotatable bonds is 6. The van der Waals surface area contributed by atoms with Gasteiger partial charge in [0, 0.05) is 17.5 Å². The van der Waals surface area contributed by atoms with Crippen molar-refractivity contribution in [2.75, 3.05) is 19.6 Å². The minimum absolute atomic E-state index is 0.500. The molecule has 0 amide bonds. The van der Waals surface area contributed by atoms with Crippen molar-refractivity contribution in [3.63, 3.8) is 0 Å². The van der Waals surface area contributed by atoms with Gasteiger partial charge in [-0.3, -0.25) is 5.10 Å². The van der Waals surface area contributed by atoms with Crippen molar-refractivity contribution in [3.8, 4) is 5.75 Å². The molecule has 1 saturated heterocycles. The Hall–Kier alpha value is -1.52. The van der Waals surface area contributed by atoms with Gasteiger partial charge in [0.15, 0.2) is 0 Å². The number of hydrogen-bond donors (Lipinski definition) is 1. The van der Waals surface area contributed by atoms with Crippen molar-refractivity contribution in [3.05, 3.63) is 46.7 Å². The van der Waals surface area contributed by atoms with E-state index in [-0.39, 0.29) is 0 Å². The van der Waals surface area contributed by atoms with E-state index in [1.165, 1.54) is 25.9 Å². The van der Waals surface area contributed by atoms with Gasteiger partial charge in [0.2, 0.25) is 0 Å². The summed E-state index contributed by atoms with van der Waals surface area (Å²) in [4.78, 5) is 2.52. The van der Waals surface area contributed by atoms with Crippen molar-refractivity contribution in [1.82, 2.24) is 15.1 Å². The standard InChI is InChI=1S/C17H22ClN3O/c1-2-8-21-9-7-13(11-21)17-10-15(19-20-17)12-22-16-5-3-14(18)4-6-16/h3-6,10,13H,2,7-9,11-12H2,1H3,(H,19,20)/t13-/m1/s1. The van der Waals surface area contributed by atoms with E-state index >= 15 is 0 Å². The van der Waals surface area contributed by atoms with Crippen LogP contribution in [0.1, 0.15) is 37.1 Å². The first-order valence-electron chi connectivity index (χ1n) is 7.89. The molecule has 0 bridgehead atoms. The number of nitrogens with zero attached hydrogens (tertiary/aromatic N) is 2. The Morgan fingerprint density at radius 3 is 2.95 bits per heavy atom. The van der Waals surface area contributed by atoms with E-state index in [9.17, 15) is 0 Å². The molecule has 0 aliphatic carbocycles. The topological polar surface area (TPSA) is 41.1 Å². The Balaban J connectivity index is 1.54. The van der Waals surface area contributed by atoms with Gasteiger partial charge in [0.1, 0.15) is 12.4 Å². The molecule has 3 rings (SSSR count). The van der Waals surface area contributed by atoms with Gasteiger partial charge in [-0.15, -0.1) is 0 Å². The molecule has 1 atom stereocenters. The van der Waals surface area contributed by atoms with Crippen LogP contribution in [0.5, 0.6) is 5.75 Å². The fourth-order valence-corrected chi connectivity index (χ4v) is 3.07. The molecule has 0 radical (unpaired) electrons. The molecule has 4 nitrogen and oxygen atoms in total. The summed E-state index contributed by atoms with van der Waals surface area (Å²) in [5, 5.41) is 8.27. The minimum atomic E-state index is 0.500. The summed E-state index contributed by atoms with van der Waals surface area (Å²) in [6, 6.07) is 9.54. The third-order valence-electron chi connectivity index (χ3n) is 4.09. The molecule has 0 saturated carbocycles. The number of hydrogen-bond acceptors (Lipinski definition) is 3. The third kappa shape index (κ3) is 3.81. The first-order chi connectivity index (χ1) is 10.7. The number of halogens is 1. The normalized spacial score (nSPS) is 18.7. The van der Waals surface area contributed by atoms with E-state index in [4.69, 9.17) is 16.3 Å². The van der Waals surface area contributed by atoms with Crippen molar-refractivity contribution >= 4 is 11.6 Å². The second-order valence-electron chi connectivity index (χ2n) is 5.85. The predicted molar refractivity (Wildman–Crippen MR) is 88.5 cm³/mol. The fourth-order valence-electron chi connectivity index (χ4n) is 2.95. The summed E-state index contributed by atoms with van der Waals surface area (Å²) in [5.41, 5.74) is 2.17. The number of benzene rings is 1. The lowest BCUT2D eigenvalue weighted by Gasteiger charge is -2.13. The molecule has 2 heterocycles. The molecule has 1 fully saturated rings. The molecule has 5 heteroatoms. The molecule has 2 aromatic rings. The summed E-state index contributed by atoms with van der Waals surface area (Å²) in [6.07, 6.45) is 2.41. The lowest BCUT2D eigenvalue weighted by molar-refractivity contribution is 0.301. The van der Waals surface area contributed by atoms with Gasteiger partial charge in [0.25, 0.3) is 0 Å². The lowest BCUT2D eigenvalue weighted by atomic mass is 10.1. The zero-order chi connectivity index (χ0) is 15.4. The maximum atomic E-state index is 5.86. The van der Waals surface area contributed by atoms with Crippen LogP contribution in [0.2, 0.25) is 5.02 Å². The highest BCUT2D eigenvalue weighted by Crippen LogP contribution is 2.26. The second kappa shape index (κ2) is 7.16. The fraction of sp³-hybridized carbons (Fsp3) is 0.471. The number of aromatic amines is 1. The molecular weight excluding hydrogens is 298 g/mol. The first kappa shape index (κ1) is 15.4. The van der Waals surface area contributed by atoms with Crippen LogP contribution in [0.15, 0.2) is 30.3 Å². The zero-order valence-electron chi connectivity index (χ0n) is 12.9. The quantitative estimate of drug-likeness (QED) is 0.879. The van der Waals surface area contributed by atoms with Gasteiger partial charge in [-0.1, -0.05) is 18.5 Å². The van der Waals surface area contributed by atoms with Crippen molar-refractivity contribution in [2.24, 2.45) is 0 Å². The van der Waals surface area contributed by atoms with Crippen LogP contribution in [-0.4, -0.2) is 34.7 Å². The molecule has 1 aliphatic rings. The molecule has 1 aromatic heterocycles. The van der Waals surface area contributed by atoms with E-state index in [0.29, 0.717) is 17.5 Å². The number of aromatic nitrogens is 2. The second-order valence-corrected chi connectivity index (χ2v) is 6.28. The Morgan fingerprint density at radius 2 is 2.18 bits per heavy atom.